The lowest BCUT2D eigenvalue weighted by atomic mass is 10.1. The first-order chi connectivity index (χ1) is 14.0. The van der Waals surface area contributed by atoms with Crippen LogP contribution in [-0.2, 0) is 11.2 Å². The van der Waals surface area contributed by atoms with Crippen LogP contribution in [0.2, 0.25) is 5.02 Å². The number of hydrogen-bond donors (Lipinski definition) is 1. The first-order valence-electron chi connectivity index (χ1n) is 8.43. The van der Waals surface area contributed by atoms with Gasteiger partial charge < -0.3 is 14.8 Å². The summed E-state index contributed by atoms with van der Waals surface area (Å²) in [5, 5.41) is 12.1. The summed E-state index contributed by atoms with van der Waals surface area (Å²) in [6, 6.07) is 10.3. The molecule has 0 fully saturated rings. The molecule has 0 radical (unpaired) electrons. The van der Waals surface area contributed by atoms with Crippen LogP contribution in [0.25, 0.3) is 11.4 Å². The lowest BCUT2D eigenvalue weighted by molar-refractivity contribution is -0.115. The number of rotatable bonds is 6. The predicted octanol–water partition coefficient (Wildman–Crippen LogP) is 3.26. The number of carbonyl (C=O) groups is 1. The molecule has 0 bridgehead atoms. The lowest BCUT2D eigenvalue weighted by Gasteiger charge is -2.08. The molecule has 0 aliphatic carbocycles. The Hall–Kier alpha value is -3.70. The minimum atomic E-state index is -0.261. The van der Waals surface area contributed by atoms with Gasteiger partial charge in [-0.25, -0.2) is 9.97 Å². The number of pyridine rings is 3. The minimum absolute atomic E-state index is 0.106. The predicted molar refractivity (Wildman–Crippen MR) is 107 cm³/mol. The Morgan fingerprint density at radius 1 is 1.14 bits per heavy atom. The molecule has 3 aromatic rings. The Bertz CT molecular complexity index is 1080. The van der Waals surface area contributed by atoms with Gasteiger partial charge in [-0.05, 0) is 11.6 Å². The third kappa shape index (κ3) is 4.97. The molecule has 146 valence electrons. The molecule has 3 rings (SSSR count). The highest BCUT2D eigenvalue weighted by Crippen LogP contribution is 2.25. The molecule has 29 heavy (non-hydrogen) atoms. The molecule has 0 unspecified atom stereocenters. The second-order valence-electron chi connectivity index (χ2n) is 5.87. The van der Waals surface area contributed by atoms with Crippen LogP contribution in [0.5, 0.6) is 11.5 Å². The summed E-state index contributed by atoms with van der Waals surface area (Å²) < 4.78 is 10.3. The zero-order chi connectivity index (χ0) is 20.8. The molecule has 1 N–H and O–H groups in total. The second-order valence-corrected chi connectivity index (χ2v) is 6.28. The van der Waals surface area contributed by atoms with E-state index in [9.17, 15) is 4.79 Å². The third-order valence-corrected chi connectivity index (χ3v) is 4.19. The number of hydrogen-bond acceptors (Lipinski definition) is 7. The monoisotopic (exact) mass is 409 g/mol. The molecule has 3 heterocycles. The number of amides is 1. The van der Waals surface area contributed by atoms with Crippen molar-refractivity contribution in [2.75, 3.05) is 19.5 Å². The van der Waals surface area contributed by atoms with Gasteiger partial charge in [-0.15, -0.1) is 0 Å². The van der Waals surface area contributed by atoms with E-state index in [-0.39, 0.29) is 18.0 Å². The van der Waals surface area contributed by atoms with E-state index in [4.69, 9.17) is 26.3 Å². The highest BCUT2D eigenvalue weighted by molar-refractivity contribution is 6.32. The van der Waals surface area contributed by atoms with Gasteiger partial charge in [0.1, 0.15) is 34.1 Å². The van der Waals surface area contributed by atoms with Crippen molar-refractivity contribution >= 4 is 23.3 Å². The van der Waals surface area contributed by atoms with Crippen molar-refractivity contribution in [3.05, 3.63) is 59.0 Å². The highest BCUT2D eigenvalue weighted by atomic mass is 35.5. The van der Waals surface area contributed by atoms with Crippen LogP contribution >= 0.6 is 11.6 Å². The van der Waals surface area contributed by atoms with Crippen LogP contribution < -0.4 is 14.8 Å². The van der Waals surface area contributed by atoms with E-state index >= 15 is 0 Å². The lowest BCUT2D eigenvalue weighted by Crippen LogP contribution is -2.15. The minimum Gasteiger partial charge on any atom is -0.497 e. The van der Waals surface area contributed by atoms with Gasteiger partial charge in [-0.2, -0.15) is 5.26 Å². The highest BCUT2D eigenvalue weighted by Gasteiger charge is 2.10. The number of anilines is 1. The maximum atomic E-state index is 12.3. The zero-order valence-corrected chi connectivity index (χ0v) is 16.4. The number of carbonyl (C=O) groups excluding carboxylic acids is 1. The average Bonchev–Trinajstić information content (AvgIpc) is 2.75. The van der Waals surface area contributed by atoms with E-state index in [0.717, 1.165) is 0 Å². The van der Waals surface area contributed by atoms with Gasteiger partial charge >= 0.3 is 0 Å². The van der Waals surface area contributed by atoms with E-state index in [0.29, 0.717) is 39.3 Å². The van der Waals surface area contributed by atoms with Crippen molar-refractivity contribution in [2.24, 2.45) is 0 Å². The van der Waals surface area contributed by atoms with Gasteiger partial charge in [0.25, 0.3) is 0 Å². The van der Waals surface area contributed by atoms with Gasteiger partial charge in [0.2, 0.25) is 5.91 Å². The summed E-state index contributed by atoms with van der Waals surface area (Å²) in [5.41, 5.74) is 2.01. The van der Waals surface area contributed by atoms with E-state index in [1.165, 1.54) is 20.4 Å². The van der Waals surface area contributed by atoms with Crippen LogP contribution in [0.3, 0.4) is 0 Å². The van der Waals surface area contributed by atoms with Gasteiger partial charge in [-0.3, -0.25) is 9.78 Å². The van der Waals surface area contributed by atoms with Crippen molar-refractivity contribution in [1.82, 2.24) is 15.0 Å². The summed E-state index contributed by atoms with van der Waals surface area (Å²) in [6.45, 7) is 0. The first kappa shape index (κ1) is 20.0. The Morgan fingerprint density at radius 3 is 2.62 bits per heavy atom. The van der Waals surface area contributed by atoms with Gasteiger partial charge in [-0.1, -0.05) is 17.7 Å². The van der Waals surface area contributed by atoms with Crippen LogP contribution in [0.4, 0.5) is 5.82 Å². The van der Waals surface area contributed by atoms with Crippen LogP contribution in [-0.4, -0.2) is 35.1 Å². The third-order valence-electron chi connectivity index (χ3n) is 3.91. The molecule has 0 aliphatic rings. The van der Waals surface area contributed by atoms with Gasteiger partial charge in [0.05, 0.1) is 38.2 Å². The van der Waals surface area contributed by atoms with Crippen molar-refractivity contribution in [2.45, 2.75) is 6.42 Å². The molecule has 3 aromatic heterocycles. The number of methoxy groups -OCH3 is 2. The fourth-order valence-corrected chi connectivity index (χ4v) is 2.69. The summed E-state index contributed by atoms with van der Waals surface area (Å²) in [7, 11) is 3.00. The Labute approximate surface area is 172 Å². The molecule has 8 nitrogen and oxygen atoms in total. The molecule has 0 saturated carbocycles. The molecule has 1 amide bonds. The molecule has 9 heteroatoms. The summed E-state index contributed by atoms with van der Waals surface area (Å²) >= 11 is 5.93. The SMILES string of the molecule is COc1cc(C#N)nc(-c2ccc(CC(=O)Nc3cc(OC)c(Cl)cn3)cn2)c1. The summed E-state index contributed by atoms with van der Waals surface area (Å²) in [4.78, 5) is 24.9. The maximum Gasteiger partial charge on any atom is 0.230 e. The normalized spacial score (nSPS) is 10.1. The summed E-state index contributed by atoms with van der Waals surface area (Å²) in [6.07, 6.45) is 3.09. The molecule has 0 spiro atoms. The molecular weight excluding hydrogens is 394 g/mol. The fourth-order valence-electron chi connectivity index (χ4n) is 2.51. The zero-order valence-electron chi connectivity index (χ0n) is 15.6. The summed E-state index contributed by atoms with van der Waals surface area (Å²) in [5.74, 6) is 1.02. The smallest absolute Gasteiger partial charge is 0.230 e. The maximum absolute atomic E-state index is 12.3. The van der Waals surface area contributed by atoms with E-state index in [2.05, 4.69) is 20.3 Å². The van der Waals surface area contributed by atoms with Crippen molar-refractivity contribution in [3.63, 3.8) is 0 Å². The Kier molecular flexibility index (Phi) is 6.22. The fraction of sp³-hybridized carbons (Fsp3) is 0.150. The Morgan fingerprint density at radius 2 is 1.97 bits per heavy atom. The number of aromatic nitrogens is 3. The molecule has 0 aliphatic heterocycles. The van der Waals surface area contributed by atoms with Gasteiger partial charge in [0, 0.05) is 24.4 Å². The topological polar surface area (TPSA) is 110 Å². The van der Waals surface area contributed by atoms with E-state index in [1.54, 1.807) is 36.5 Å². The van der Waals surface area contributed by atoms with E-state index < -0.39 is 0 Å². The standard InChI is InChI=1S/C20H16ClN5O3/c1-28-14-6-13(9-22)25-17(7-14)16-4-3-12(10-23-16)5-20(27)26-19-8-18(29-2)15(21)11-24-19/h3-4,6-8,10-11H,5H2,1-2H3,(H,24,26,27). The largest absolute Gasteiger partial charge is 0.497 e. The molecular formula is C20H16ClN5O3. The van der Waals surface area contributed by atoms with E-state index in [1.807, 2.05) is 6.07 Å². The number of halogens is 1. The van der Waals surface area contributed by atoms with Gasteiger partial charge in [0.15, 0.2) is 0 Å². The first-order valence-corrected chi connectivity index (χ1v) is 8.81. The average molecular weight is 410 g/mol. The number of nitrogens with one attached hydrogen (secondary N) is 1. The van der Waals surface area contributed by atoms with Crippen molar-refractivity contribution in [1.29, 1.82) is 5.26 Å². The molecule has 0 atom stereocenters. The van der Waals surface area contributed by atoms with Crippen LogP contribution in [0, 0.1) is 11.3 Å². The van der Waals surface area contributed by atoms with Crippen molar-refractivity contribution in [3.8, 4) is 29.0 Å². The number of ether oxygens (including phenoxy) is 2. The van der Waals surface area contributed by atoms with Crippen molar-refractivity contribution < 1.29 is 14.3 Å². The number of nitrogens with zero attached hydrogens (tertiary/aromatic N) is 4. The van der Waals surface area contributed by atoms with Crippen LogP contribution in [0.15, 0.2) is 42.7 Å². The molecule has 0 saturated heterocycles. The molecule has 0 aromatic carbocycles. The quantitative estimate of drug-likeness (QED) is 0.665. The number of nitriles is 1. The Balaban J connectivity index is 1.71. The second kappa shape index (κ2) is 8.99. The van der Waals surface area contributed by atoms with Crippen LogP contribution in [0.1, 0.15) is 11.3 Å².